The number of aromatic nitrogens is 2. The van der Waals surface area contributed by atoms with Crippen LogP contribution in [0.3, 0.4) is 0 Å². The standard InChI is InChI=1S/C24H28ClN5O3S/c1-16-13-21(33-3)22(15-20(16)25)34(31,32)29-19-9-7-18(8-10-19)27-24-26-17(2)14-23(28-24)30-11-5-4-6-12-30/h7-10,13-15,29H,4-6,11-12H2,1-3H3,(H,26,27,28). The van der Waals surface area contributed by atoms with Gasteiger partial charge in [-0.1, -0.05) is 11.6 Å². The molecular weight excluding hydrogens is 474 g/mol. The van der Waals surface area contributed by atoms with Gasteiger partial charge in [0.25, 0.3) is 10.0 Å². The zero-order chi connectivity index (χ0) is 24.3. The fourth-order valence-corrected chi connectivity index (χ4v) is 5.32. The molecule has 0 unspecified atom stereocenters. The SMILES string of the molecule is COc1cc(C)c(Cl)cc1S(=O)(=O)Nc1ccc(Nc2nc(C)cc(N3CCCCC3)n2)cc1. The molecule has 2 N–H and O–H groups in total. The Hall–Kier alpha value is -3.04. The predicted molar refractivity (Wildman–Crippen MR) is 136 cm³/mol. The highest BCUT2D eigenvalue weighted by molar-refractivity contribution is 7.92. The highest BCUT2D eigenvalue weighted by Crippen LogP contribution is 2.31. The molecule has 4 rings (SSSR count). The van der Waals surface area contributed by atoms with Crippen molar-refractivity contribution in [2.45, 2.75) is 38.0 Å². The van der Waals surface area contributed by atoms with Gasteiger partial charge in [0, 0.05) is 41.2 Å². The highest BCUT2D eigenvalue weighted by Gasteiger charge is 2.21. The fraction of sp³-hybridized carbons (Fsp3) is 0.333. The van der Waals surface area contributed by atoms with Crippen LogP contribution in [0, 0.1) is 13.8 Å². The van der Waals surface area contributed by atoms with Crippen molar-refractivity contribution in [2.75, 3.05) is 35.1 Å². The Kier molecular flexibility index (Phi) is 7.13. The normalized spacial score (nSPS) is 14.1. The lowest BCUT2D eigenvalue weighted by Gasteiger charge is -2.28. The van der Waals surface area contributed by atoms with Gasteiger partial charge < -0.3 is 15.0 Å². The summed E-state index contributed by atoms with van der Waals surface area (Å²) in [4.78, 5) is 11.4. The Morgan fingerprint density at radius 2 is 1.65 bits per heavy atom. The van der Waals surface area contributed by atoms with E-state index in [0.29, 0.717) is 16.7 Å². The third-order valence-electron chi connectivity index (χ3n) is 5.65. The molecule has 0 aliphatic carbocycles. The number of hydrogen-bond donors (Lipinski definition) is 2. The van der Waals surface area contributed by atoms with Crippen molar-refractivity contribution in [2.24, 2.45) is 0 Å². The maximum Gasteiger partial charge on any atom is 0.265 e. The summed E-state index contributed by atoms with van der Waals surface area (Å²) in [7, 11) is -2.48. The Morgan fingerprint density at radius 1 is 0.971 bits per heavy atom. The minimum atomic E-state index is -3.90. The molecule has 2 heterocycles. The molecule has 0 spiro atoms. The summed E-state index contributed by atoms with van der Waals surface area (Å²) >= 11 is 6.15. The molecule has 1 saturated heterocycles. The molecular formula is C24H28ClN5O3S. The third-order valence-corrected chi connectivity index (χ3v) is 7.46. The number of aryl methyl sites for hydroxylation is 2. The second kappa shape index (κ2) is 10.1. The molecule has 2 aromatic carbocycles. The number of nitrogens with zero attached hydrogens (tertiary/aromatic N) is 3. The Morgan fingerprint density at radius 3 is 2.32 bits per heavy atom. The minimum absolute atomic E-state index is 0.0220. The van der Waals surface area contributed by atoms with Crippen LogP contribution >= 0.6 is 11.6 Å². The number of hydrogen-bond acceptors (Lipinski definition) is 7. The lowest BCUT2D eigenvalue weighted by atomic mass is 10.1. The number of nitrogens with one attached hydrogen (secondary N) is 2. The van der Waals surface area contributed by atoms with Crippen molar-refractivity contribution in [3.63, 3.8) is 0 Å². The van der Waals surface area contributed by atoms with E-state index in [1.165, 1.54) is 32.4 Å². The molecule has 8 nitrogen and oxygen atoms in total. The van der Waals surface area contributed by atoms with Crippen LogP contribution in [-0.4, -0.2) is 38.6 Å². The highest BCUT2D eigenvalue weighted by atomic mass is 35.5. The molecule has 1 aliphatic rings. The van der Waals surface area contributed by atoms with Crippen molar-refractivity contribution in [1.29, 1.82) is 0 Å². The van der Waals surface area contributed by atoms with Crippen LogP contribution in [0.15, 0.2) is 47.4 Å². The van der Waals surface area contributed by atoms with Gasteiger partial charge in [0.05, 0.1) is 7.11 Å². The molecule has 1 aliphatic heterocycles. The first kappa shape index (κ1) is 24.1. The van der Waals surface area contributed by atoms with Crippen LogP contribution in [0.1, 0.15) is 30.5 Å². The molecule has 0 saturated carbocycles. The maximum atomic E-state index is 13.0. The lowest BCUT2D eigenvalue weighted by Crippen LogP contribution is -2.30. The molecule has 3 aromatic rings. The maximum absolute atomic E-state index is 13.0. The van der Waals surface area contributed by atoms with E-state index in [-0.39, 0.29) is 10.6 Å². The van der Waals surface area contributed by atoms with Gasteiger partial charge in [-0.05, 0) is 75.1 Å². The average Bonchev–Trinajstić information content (AvgIpc) is 2.82. The number of methoxy groups -OCH3 is 1. The molecule has 1 fully saturated rings. The van der Waals surface area contributed by atoms with Gasteiger partial charge in [-0.25, -0.2) is 13.4 Å². The van der Waals surface area contributed by atoms with Gasteiger partial charge in [0.1, 0.15) is 16.5 Å². The van der Waals surface area contributed by atoms with Gasteiger partial charge >= 0.3 is 0 Å². The first-order valence-corrected chi connectivity index (χ1v) is 13.0. The molecule has 0 atom stereocenters. The van der Waals surface area contributed by atoms with E-state index in [1.807, 2.05) is 13.0 Å². The molecule has 0 bridgehead atoms. The van der Waals surface area contributed by atoms with E-state index in [4.69, 9.17) is 16.3 Å². The van der Waals surface area contributed by atoms with Gasteiger partial charge in [-0.3, -0.25) is 4.72 Å². The van der Waals surface area contributed by atoms with Crippen molar-refractivity contribution in [1.82, 2.24) is 9.97 Å². The van der Waals surface area contributed by atoms with Crippen LogP contribution in [0.25, 0.3) is 0 Å². The van der Waals surface area contributed by atoms with E-state index in [0.717, 1.165) is 35.9 Å². The summed E-state index contributed by atoms with van der Waals surface area (Å²) in [6.45, 7) is 5.74. The zero-order valence-corrected chi connectivity index (χ0v) is 21.0. The van der Waals surface area contributed by atoms with Crippen LogP contribution < -0.4 is 19.7 Å². The Bertz CT molecular complexity index is 1280. The van der Waals surface area contributed by atoms with E-state index in [2.05, 4.69) is 24.9 Å². The zero-order valence-electron chi connectivity index (χ0n) is 19.4. The molecule has 0 amide bonds. The van der Waals surface area contributed by atoms with Crippen LogP contribution in [0.5, 0.6) is 5.75 Å². The first-order valence-electron chi connectivity index (χ1n) is 11.1. The molecule has 1 aromatic heterocycles. The Balaban J connectivity index is 1.50. The Labute approximate surface area is 205 Å². The van der Waals surface area contributed by atoms with Crippen molar-refractivity contribution < 1.29 is 13.2 Å². The van der Waals surface area contributed by atoms with Crippen molar-refractivity contribution in [3.05, 3.63) is 58.7 Å². The number of piperidine rings is 1. The van der Waals surface area contributed by atoms with E-state index in [1.54, 1.807) is 37.3 Å². The van der Waals surface area contributed by atoms with E-state index in [9.17, 15) is 8.42 Å². The number of ether oxygens (including phenoxy) is 1. The lowest BCUT2D eigenvalue weighted by molar-refractivity contribution is 0.402. The van der Waals surface area contributed by atoms with Gasteiger partial charge in [0.2, 0.25) is 5.95 Å². The number of rotatable bonds is 7. The summed E-state index contributed by atoms with van der Waals surface area (Å²) in [5.74, 6) is 1.66. The smallest absolute Gasteiger partial charge is 0.265 e. The molecule has 10 heteroatoms. The number of halogens is 1. The van der Waals surface area contributed by atoms with Crippen molar-refractivity contribution >= 4 is 44.8 Å². The summed E-state index contributed by atoms with van der Waals surface area (Å²) in [6, 6.07) is 11.9. The minimum Gasteiger partial charge on any atom is -0.495 e. The monoisotopic (exact) mass is 501 g/mol. The van der Waals surface area contributed by atoms with Gasteiger partial charge in [0.15, 0.2) is 0 Å². The summed E-state index contributed by atoms with van der Waals surface area (Å²) in [6.07, 6.45) is 3.60. The summed E-state index contributed by atoms with van der Waals surface area (Å²) in [5, 5.41) is 3.56. The first-order chi connectivity index (χ1) is 16.2. The van der Waals surface area contributed by atoms with Crippen LogP contribution in [0.2, 0.25) is 5.02 Å². The fourth-order valence-electron chi connectivity index (χ4n) is 3.86. The predicted octanol–water partition coefficient (Wildman–Crippen LogP) is 5.29. The average molecular weight is 502 g/mol. The molecule has 0 radical (unpaired) electrons. The number of sulfonamides is 1. The number of benzene rings is 2. The quantitative estimate of drug-likeness (QED) is 0.454. The molecule has 180 valence electrons. The van der Waals surface area contributed by atoms with E-state index >= 15 is 0 Å². The summed E-state index contributed by atoms with van der Waals surface area (Å²) < 4.78 is 33.7. The second-order valence-electron chi connectivity index (χ2n) is 8.30. The second-order valence-corrected chi connectivity index (χ2v) is 10.4. The summed E-state index contributed by atoms with van der Waals surface area (Å²) in [5.41, 5.74) is 2.76. The van der Waals surface area contributed by atoms with E-state index < -0.39 is 10.0 Å². The topological polar surface area (TPSA) is 96.5 Å². The van der Waals surface area contributed by atoms with Gasteiger partial charge in [-0.2, -0.15) is 4.98 Å². The van der Waals surface area contributed by atoms with Gasteiger partial charge in [-0.15, -0.1) is 0 Å². The third kappa shape index (κ3) is 5.53. The molecule has 34 heavy (non-hydrogen) atoms. The van der Waals surface area contributed by atoms with Crippen LogP contribution in [-0.2, 0) is 10.0 Å². The van der Waals surface area contributed by atoms with Crippen LogP contribution in [0.4, 0.5) is 23.1 Å². The number of anilines is 4. The van der Waals surface area contributed by atoms with Crippen molar-refractivity contribution in [3.8, 4) is 5.75 Å². The largest absolute Gasteiger partial charge is 0.495 e.